The van der Waals surface area contributed by atoms with Crippen molar-refractivity contribution in [1.29, 1.82) is 0 Å². The van der Waals surface area contributed by atoms with Crippen LogP contribution in [0, 0.1) is 40.9 Å². The Morgan fingerprint density at radius 1 is 1.21 bits per heavy atom. The van der Waals surface area contributed by atoms with Gasteiger partial charge in [0.15, 0.2) is 5.78 Å². The average molecular weight is 328 g/mol. The number of carbonyl (C=O) groups excluding carboxylic acids is 1. The molecule has 4 aliphatic carbocycles. The van der Waals surface area contributed by atoms with Crippen molar-refractivity contribution in [3.63, 3.8) is 0 Å². The van der Waals surface area contributed by atoms with Gasteiger partial charge in [-0.2, -0.15) is 0 Å². The Kier molecular flexibility index (Phi) is 3.38. The van der Waals surface area contributed by atoms with Crippen molar-refractivity contribution >= 4 is 5.78 Å². The molecule has 0 saturated heterocycles. The lowest BCUT2D eigenvalue weighted by atomic mass is 9.46. The van der Waals surface area contributed by atoms with E-state index in [0.717, 1.165) is 31.3 Å². The van der Waals surface area contributed by atoms with Crippen LogP contribution >= 0.6 is 0 Å². The van der Waals surface area contributed by atoms with Gasteiger partial charge in [0.05, 0.1) is 6.10 Å². The van der Waals surface area contributed by atoms with Gasteiger partial charge in [-0.05, 0) is 67.8 Å². The molecule has 7 atom stereocenters. The summed E-state index contributed by atoms with van der Waals surface area (Å²) in [6.07, 6.45) is 12.6. The molecule has 0 aromatic rings. The summed E-state index contributed by atoms with van der Waals surface area (Å²) in [5.41, 5.74) is -0.162. The Hall–Kier alpha value is -1.11. The largest absolute Gasteiger partial charge is 0.392 e. The molecule has 0 aromatic carbocycles. The fourth-order valence-electron chi connectivity index (χ4n) is 6.78. The molecule has 2 unspecified atom stereocenters. The molecule has 0 aromatic heterocycles. The molecule has 4 aliphatic rings. The molecular weight excluding hydrogens is 300 g/mol. The maximum Gasteiger partial charge on any atom is 0.155 e. The van der Waals surface area contributed by atoms with E-state index in [2.05, 4.69) is 19.8 Å². The van der Waals surface area contributed by atoms with Crippen LogP contribution in [0.3, 0.4) is 0 Å². The molecule has 0 spiro atoms. The van der Waals surface area contributed by atoms with Gasteiger partial charge < -0.3 is 10.2 Å². The van der Waals surface area contributed by atoms with Gasteiger partial charge in [0, 0.05) is 11.8 Å². The molecule has 0 heterocycles. The van der Waals surface area contributed by atoms with Crippen molar-refractivity contribution < 1.29 is 15.0 Å². The predicted molar refractivity (Wildman–Crippen MR) is 91.9 cm³/mol. The second-order valence-electron chi connectivity index (χ2n) is 9.11. The third kappa shape index (κ3) is 1.85. The molecule has 3 fully saturated rings. The SMILES string of the molecule is C#CC1(O)CC[C@H]2[C@@H]3C(O)CC4=CC(=O)CC[C@]4(C)[C@@H]3CC[C@@]21C. The van der Waals surface area contributed by atoms with E-state index in [9.17, 15) is 15.0 Å². The molecule has 0 aliphatic heterocycles. The van der Waals surface area contributed by atoms with E-state index in [-0.39, 0.29) is 28.4 Å². The highest BCUT2D eigenvalue weighted by Crippen LogP contribution is 2.67. The van der Waals surface area contributed by atoms with Crippen LogP contribution in [0.15, 0.2) is 11.6 Å². The van der Waals surface area contributed by atoms with Crippen molar-refractivity contribution in [3.8, 4) is 12.3 Å². The van der Waals surface area contributed by atoms with Crippen LogP contribution in [0.5, 0.6) is 0 Å². The third-order valence-corrected chi connectivity index (χ3v) is 8.37. The first-order valence-electron chi connectivity index (χ1n) is 9.37. The first kappa shape index (κ1) is 16.4. The molecule has 3 nitrogen and oxygen atoms in total. The zero-order valence-corrected chi connectivity index (χ0v) is 14.7. The average Bonchev–Trinajstić information content (AvgIpc) is 2.82. The van der Waals surface area contributed by atoms with Crippen molar-refractivity contribution in [2.24, 2.45) is 28.6 Å². The van der Waals surface area contributed by atoms with Gasteiger partial charge in [0.2, 0.25) is 0 Å². The summed E-state index contributed by atoms with van der Waals surface area (Å²) < 4.78 is 0. The lowest BCUT2D eigenvalue weighted by molar-refractivity contribution is -0.137. The van der Waals surface area contributed by atoms with Crippen LogP contribution < -0.4 is 0 Å². The topological polar surface area (TPSA) is 57.5 Å². The number of hydrogen-bond acceptors (Lipinski definition) is 3. The minimum absolute atomic E-state index is 0.0238. The summed E-state index contributed by atoms with van der Waals surface area (Å²) in [5, 5.41) is 22.0. The highest BCUT2D eigenvalue weighted by atomic mass is 16.3. The van der Waals surface area contributed by atoms with Gasteiger partial charge in [-0.1, -0.05) is 25.3 Å². The van der Waals surface area contributed by atoms with Crippen molar-refractivity contribution in [2.45, 2.75) is 70.5 Å². The van der Waals surface area contributed by atoms with E-state index < -0.39 is 11.7 Å². The van der Waals surface area contributed by atoms with Crippen molar-refractivity contribution in [3.05, 3.63) is 11.6 Å². The van der Waals surface area contributed by atoms with Crippen LogP contribution in [0.4, 0.5) is 0 Å². The molecule has 0 radical (unpaired) electrons. The zero-order chi connectivity index (χ0) is 17.3. The lowest BCUT2D eigenvalue weighted by Gasteiger charge is -2.59. The third-order valence-electron chi connectivity index (χ3n) is 8.37. The summed E-state index contributed by atoms with van der Waals surface area (Å²) in [7, 11) is 0. The van der Waals surface area contributed by atoms with E-state index in [1.54, 1.807) is 0 Å². The number of carbonyl (C=O) groups is 1. The number of hydrogen-bond donors (Lipinski definition) is 2. The highest BCUT2D eigenvalue weighted by molar-refractivity contribution is 5.91. The fraction of sp³-hybridized carbons (Fsp3) is 0.762. The fourth-order valence-corrected chi connectivity index (χ4v) is 6.78. The van der Waals surface area contributed by atoms with E-state index in [0.29, 0.717) is 25.2 Å². The van der Waals surface area contributed by atoms with Gasteiger partial charge in [-0.15, -0.1) is 6.42 Å². The number of terminal acetylenes is 1. The maximum atomic E-state index is 11.9. The molecule has 3 saturated carbocycles. The van der Waals surface area contributed by atoms with Crippen LogP contribution in [-0.4, -0.2) is 27.7 Å². The summed E-state index contributed by atoms with van der Waals surface area (Å²) in [4.78, 5) is 11.9. The summed E-state index contributed by atoms with van der Waals surface area (Å²) in [6.45, 7) is 4.42. The Balaban J connectivity index is 1.75. The van der Waals surface area contributed by atoms with E-state index in [4.69, 9.17) is 6.42 Å². The minimum Gasteiger partial charge on any atom is -0.392 e. The van der Waals surface area contributed by atoms with Crippen LogP contribution in [0.2, 0.25) is 0 Å². The highest BCUT2D eigenvalue weighted by Gasteiger charge is 2.65. The monoisotopic (exact) mass is 328 g/mol. The van der Waals surface area contributed by atoms with E-state index in [1.807, 2.05) is 6.08 Å². The summed E-state index contributed by atoms with van der Waals surface area (Å²) in [5.74, 6) is 3.72. The van der Waals surface area contributed by atoms with Gasteiger partial charge in [-0.3, -0.25) is 4.79 Å². The minimum atomic E-state index is -1.04. The number of fused-ring (bicyclic) bond motifs is 5. The van der Waals surface area contributed by atoms with Gasteiger partial charge >= 0.3 is 0 Å². The van der Waals surface area contributed by atoms with Crippen molar-refractivity contribution in [2.75, 3.05) is 0 Å². The molecule has 0 amide bonds. The lowest BCUT2D eigenvalue weighted by Crippen LogP contribution is -2.58. The summed E-state index contributed by atoms with van der Waals surface area (Å²) >= 11 is 0. The number of ketones is 1. The summed E-state index contributed by atoms with van der Waals surface area (Å²) in [6, 6.07) is 0. The molecule has 4 rings (SSSR count). The van der Waals surface area contributed by atoms with E-state index in [1.165, 1.54) is 0 Å². The van der Waals surface area contributed by atoms with Crippen LogP contribution in [-0.2, 0) is 4.79 Å². The Labute approximate surface area is 144 Å². The Morgan fingerprint density at radius 3 is 2.62 bits per heavy atom. The van der Waals surface area contributed by atoms with Gasteiger partial charge in [0.1, 0.15) is 5.60 Å². The van der Waals surface area contributed by atoms with Crippen molar-refractivity contribution in [1.82, 2.24) is 0 Å². The number of rotatable bonds is 0. The maximum absolute atomic E-state index is 11.9. The second-order valence-corrected chi connectivity index (χ2v) is 9.11. The van der Waals surface area contributed by atoms with Gasteiger partial charge in [0.25, 0.3) is 0 Å². The van der Waals surface area contributed by atoms with Gasteiger partial charge in [-0.25, -0.2) is 0 Å². The van der Waals surface area contributed by atoms with E-state index >= 15 is 0 Å². The standard InChI is InChI=1S/C21H28O3/c1-4-21(24)10-7-16-18-15(6-9-20(16,21)3)19(2)8-5-14(22)11-13(19)12-17(18)23/h1,11,15-18,23-24H,5-10,12H2,2-3H3/t15-,16+,17?,18-,19+,20+,21?/m1/s1. The normalized spacial score (nSPS) is 53.5. The smallest absolute Gasteiger partial charge is 0.155 e. The Morgan fingerprint density at radius 2 is 1.92 bits per heavy atom. The molecular formula is C21H28O3. The van der Waals surface area contributed by atoms with Crippen LogP contribution in [0.25, 0.3) is 0 Å². The van der Waals surface area contributed by atoms with Crippen LogP contribution in [0.1, 0.15) is 58.8 Å². The second kappa shape index (κ2) is 4.96. The molecule has 24 heavy (non-hydrogen) atoms. The first-order valence-corrected chi connectivity index (χ1v) is 9.37. The molecule has 2 N–H and O–H groups in total. The molecule has 130 valence electrons. The Bertz CT molecular complexity index is 658. The predicted octanol–water partition coefficient (Wildman–Crippen LogP) is 2.85. The quantitative estimate of drug-likeness (QED) is 0.672. The number of aliphatic hydroxyl groups excluding tert-OH is 1. The first-order chi connectivity index (χ1) is 11.2. The zero-order valence-electron chi connectivity index (χ0n) is 14.7. The number of aliphatic hydroxyl groups is 2. The molecule has 0 bridgehead atoms. The molecule has 3 heteroatoms.